The van der Waals surface area contributed by atoms with Crippen molar-refractivity contribution in [2.45, 2.75) is 6.18 Å². The number of halogens is 3. The predicted molar refractivity (Wildman–Crippen MR) is 123 cm³/mol. The van der Waals surface area contributed by atoms with E-state index in [1.165, 1.54) is 50.6 Å². The number of hydrogen-bond acceptors (Lipinski definition) is 7. The summed E-state index contributed by atoms with van der Waals surface area (Å²) in [5, 5.41) is -0.152. The van der Waals surface area contributed by atoms with Crippen LogP contribution < -0.4 is 24.4 Å². The molecule has 0 N–H and O–H groups in total. The number of carbonyl (C=O) groups is 1. The van der Waals surface area contributed by atoms with E-state index in [0.717, 1.165) is 6.07 Å². The average Bonchev–Trinajstić information content (AvgIpc) is 2.88. The lowest BCUT2D eigenvalue weighted by atomic mass is 10.1. The van der Waals surface area contributed by atoms with E-state index in [9.17, 15) is 22.8 Å². The van der Waals surface area contributed by atoms with Crippen LogP contribution in [-0.2, 0) is 6.18 Å². The molecule has 0 radical (unpaired) electrons. The quantitative estimate of drug-likeness (QED) is 0.279. The topological polar surface area (TPSA) is 84.2 Å². The summed E-state index contributed by atoms with van der Waals surface area (Å²) in [4.78, 5) is 25.3. The largest absolute Gasteiger partial charge is 0.497 e. The molecule has 0 aliphatic rings. The van der Waals surface area contributed by atoms with Gasteiger partial charge in [-0.1, -0.05) is 0 Å². The van der Waals surface area contributed by atoms with E-state index in [-0.39, 0.29) is 34.9 Å². The second-order valence-electron chi connectivity index (χ2n) is 7.46. The lowest BCUT2D eigenvalue weighted by Crippen LogP contribution is -2.16. The van der Waals surface area contributed by atoms with Gasteiger partial charge in [0.15, 0.2) is 12.4 Å². The molecule has 36 heavy (non-hydrogen) atoms. The fourth-order valence-corrected chi connectivity index (χ4v) is 3.30. The van der Waals surface area contributed by atoms with Crippen LogP contribution in [0.25, 0.3) is 11.0 Å². The summed E-state index contributed by atoms with van der Waals surface area (Å²) in [5.41, 5.74) is -1.02. The molecule has 0 aliphatic carbocycles. The molecule has 0 amide bonds. The van der Waals surface area contributed by atoms with E-state index in [2.05, 4.69) is 0 Å². The van der Waals surface area contributed by atoms with Gasteiger partial charge in [-0.05, 0) is 60.7 Å². The lowest BCUT2D eigenvalue weighted by Gasteiger charge is -2.14. The van der Waals surface area contributed by atoms with Gasteiger partial charge in [-0.15, -0.1) is 0 Å². The van der Waals surface area contributed by atoms with Crippen LogP contribution in [-0.4, -0.2) is 26.6 Å². The molecule has 0 fully saturated rings. The lowest BCUT2D eigenvalue weighted by molar-refractivity contribution is -0.154. The third-order valence-electron chi connectivity index (χ3n) is 5.14. The zero-order chi connectivity index (χ0) is 25.9. The van der Waals surface area contributed by atoms with E-state index < -0.39 is 23.1 Å². The summed E-state index contributed by atoms with van der Waals surface area (Å²) >= 11 is 0. The fourth-order valence-electron chi connectivity index (χ4n) is 3.30. The highest BCUT2D eigenvalue weighted by Crippen LogP contribution is 2.38. The molecule has 0 spiro atoms. The molecule has 0 saturated carbocycles. The molecular formula is C26H19F3O7. The predicted octanol–water partition coefficient (Wildman–Crippen LogP) is 5.88. The number of hydrogen-bond donors (Lipinski definition) is 0. The maximum atomic E-state index is 13.8. The Labute approximate surface area is 202 Å². The summed E-state index contributed by atoms with van der Waals surface area (Å²) in [6, 6.07) is 15.7. The third kappa shape index (κ3) is 5.27. The minimum atomic E-state index is -5.02. The van der Waals surface area contributed by atoms with Crippen molar-refractivity contribution in [3.63, 3.8) is 0 Å². The Bertz CT molecular complexity index is 1440. The van der Waals surface area contributed by atoms with Crippen molar-refractivity contribution in [1.82, 2.24) is 0 Å². The molecule has 4 aromatic rings. The first-order chi connectivity index (χ1) is 17.2. The smallest absolute Gasteiger partial charge is 0.453 e. The van der Waals surface area contributed by atoms with Crippen LogP contribution in [0.3, 0.4) is 0 Å². The van der Waals surface area contributed by atoms with Crippen molar-refractivity contribution in [1.29, 1.82) is 0 Å². The minimum absolute atomic E-state index is 0.00931. The summed E-state index contributed by atoms with van der Waals surface area (Å²) in [5.74, 6) is -1.88. The molecule has 7 nitrogen and oxygen atoms in total. The first-order valence-corrected chi connectivity index (χ1v) is 10.5. The van der Waals surface area contributed by atoms with Crippen molar-refractivity contribution < 1.29 is 41.3 Å². The van der Waals surface area contributed by atoms with Gasteiger partial charge >= 0.3 is 6.18 Å². The molecule has 4 rings (SSSR count). The Balaban J connectivity index is 1.62. The number of alkyl halides is 3. The van der Waals surface area contributed by atoms with E-state index in [1.807, 2.05) is 0 Å². The first kappa shape index (κ1) is 24.6. The van der Waals surface area contributed by atoms with Gasteiger partial charge in [-0.3, -0.25) is 9.59 Å². The molecule has 186 valence electrons. The van der Waals surface area contributed by atoms with Crippen LogP contribution in [0.1, 0.15) is 16.1 Å². The van der Waals surface area contributed by atoms with Gasteiger partial charge in [0, 0.05) is 11.6 Å². The van der Waals surface area contributed by atoms with Gasteiger partial charge in [0.1, 0.15) is 28.6 Å². The first-order valence-electron chi connectivity index (χ1n) is 10.5. The normalized spacial score (nSPS) is 11.2. The molecule has 1 aromatic heterocycles. The second kappa shape index (κ2) is 10.0. The van der Waals surface area contributed by atoms with Crippen LogP contribution >= 0.6 is 0 Å². The third-order valence-corrected chi connectivity index (χ3v) is 5.14. The van der Waals surface area contributed by atoms with E-state index >= 15 is 0 Å². The zero-order valence-electron chi connectivity index (χ0n) is 19.0. The van der Waals surface area contributed by atoms with Crippen LogP contribution in [0.4, 0.5) is 13.2 Å². The number of benzene rings is 3. The highest BCUT2D eigenvalue weighted by Gasteiger charge is 2.40. The van der Waals surface area contributed by atoms with E-state index in [0.29, 0.717) is 17.1 Å². The van der Waals surface area contributed by atoms with Crippen molar-refractivity contribution in [2.24, 2.45) is 0 Å². The Morgan fingerprint density at radius 3 is 1.97 bits per heavy atom. The summed E-state index contributed by atoms with van der Waals surface area (Å²) in [6.45, 7) is -0.382. The Hall–Kier alpha value is -4.47. The average molecular weight is 500 g/mol. The molecular weight excluding hydrogens is 481 g/mol. The zero-order valence-corrected chi connectivity index (χ0v) is 19.0. The SMILES string of the molecule is COc1ccc(Oc2c(C(F)(F)F)oc3cc(OCC(=O)c4ccc(OC)cc4)ccc3c2=O)cc1. The number of ether oxygens (including phenoxy) is 4. The van der Waals surface area contributed by atoms with Gasteiger partial charge in [-0.2, -0.15) is 13.2 Å². The highest BCUT2D eigenvalue weighted by molar-refractivity contribution is 5.97. The van der Waals surface area contributed by atoms with Crippen molar-refractivity contribution in [2.75, 3.05) is 20.8 Å². The summed E-state index contributed by atoms with van der Waals surface area (Å²) in [7, 11) is 2.93. The molecule has 0 atom stereocenters. The Morgan fingerprint density at radius 2 is 1.39 bits per heavy atom. The van der Waals surface area contributed by atoms with E-state index in [1.54, 1.807) is 24.3 Å². The van der Waals surface area contributed by atoms with Crippen LogP contribution in [0.15, 0.2) is 75.9 Å². The van der Waals surface area contributed by atoms with Crippen LogP contribution in [0.2, 0.25) is 0 Å². The second-order valence-corrected chi connectivity index (χ2v) is 7.46. The molecule has 3 aromatic carbocycles. The summed E-state index contributed by atoms with van der Waals surface area (Å²) in [6.07, 6.45) is -5.02. The van der Waals surface area contributed by atoms with Crippen molar-refractivity contribution >= 4 is 16.8 Å². The maximum absolute atomic E-state index is 13.8. The number of rotatable bonds is 8. The number of carbonyl (C=O) groups excluding carboxylic acids is 1. The number of fused-ring (bicyclic) bond motifs is 1. The van der Waals surface area contributed by atoms with Crippen molar-refractivity contribution in [3.8, 4) is 28.7 Å². The fraction of sp³-hybridized carbons (Fsp3) is 0.154. The molecule has 0 saturated heterocycles. The van der Waals surface area contributed by atoms with Crippen molar-refractivity contribution in [3.05, 3.63) is 88.3 Å². The van der Waals surface area contributed by atoms with Gasteiger partial charge < -0.3 is 23.4 Å². The molecule has 10 heteroatoms. The standard InChI is InChI=1S/C26H19F3O7/c1-32-16-5-3-15(4-6-16)21(30)14-34-19-11-12-20-22(13-19)36-25(26(27,28)29)24(23(20)31)35-18-9-7-17(33-2)8-10-18/h3-13H,14H2,1-2H3. The Kier molecular flexibility index (Phi) is 6.86. The Morgan fingerprint density at radius 1 is 0.833 bits per heavy atom. The van der Waals surface area contributed by atoms with Gasteiger partial charge in [0.05, 0.1) is 19.6 Å². The molecule has 0 unspecified atom stereocenters. The summed E-state index contributed by atoms with van der Waals surface area (Å²) < 4.78 is 67.1. The minimum Gasteiger partial charge on any atom is -0.497 e. The number of Topliss-reactive ketones (excluding diaryl/α,β-unsaturated/α-hetero) is 1. The maximum Gasteiger partial charge on any atom is 0.453 e. The van der Waals surface area contributed by atoms with Crippen LogP contribution in [0, 0.1) is 0 Å². The molecule has 0 bridgehead atoms. The van der Waals surface area contributed by atoms with Crippen LogP contribution in [0.5, 0.6) is 28.7 Å². The van der Waals surface area contributed by atoms with Gasteiger partial charge in [-0.25, -0.2) is 0 Å². The molecule has 0 aliphatic heterocycles. The highest BCUT2D eigenvalue weighted by atomic mass is 19.4. The molecule has 1 heterocycles. The monoisotopic (exact) mass is 500 g/mol. The van der Waals surface area contributed by atoms with Gasteiger partial charge in [0.25, 0.3) is 5.76 Å². The van der Waals surface area contributed by atoms with Gasteiger partial charge in [0.2, 0.25) is 11.2 Å². The number of ketones is 1. The van der Waals surface area contributed by atoms with E-state index in [4.69, 9.17) is 23.4 Å². The number of methoxy groups -OCH3 is 2.